The quantitative estimate of drug-likeness (QED) is 0.292. The molecule has 0 aliphatic heterocycles. The van der Waals surface area contributed by atoms with Gasteiger partial charge < -0.3 is 9.47 Å². The third-order valence-electron chi connectivity index (χ3n) is 4.33. The second-order valence-electron chi connectivity index (χ2n) is 6.73. The van der Waals surface area contributed by atoms with Crippen molar-refractivity contribution in [2.75, 3.05) is 13.2 Å². The molecule has 0 saturated carbocycles. The van der Waals surface area contributed by atoms with E-state index >= 15 is 0 Å². The first kappa shape index (κ1) is 24.1. The standard InChI is InChI=1S/C23H29N3O4S/c1-3-5-6-9-16-30-18-14-12-17(13-15-18)21(27)25-26-23(31)24-22(28)19-10-7-8-11-20(19)29-4-2/h7-8,10-15H,3-6,9,16H2,1-2H3,(H,25,27)(H2,24,26,28,31). The summed E-state index contributed by atoms with van der Waals surface area (Å²) in [4.78, 5) is 24.7. The Kier molecular flexibility index (Phi) is 10.3. The maximum atomic E-state index is 12.4. The van der Waals surface area contributed by atoms with Gasteiger partial charge >= 0.3 is 0 Å². The van der Waals surface area contributed by atoms with Crippen molar-refractivity contribution in [2.45, 2.75) is 39.5 Å². The van der Waals surface area contributed by atoms with Crippen LogP contribution in [0.3, 0.4) is 0 Å². The molecule has 0 radical (unpaired) electrons. The van der Waals surface area contributed by atoms with Gasteiger partial charge in [0.05, 0.1) is 18.8 Å². The fourth-order valence-corrected chi connectivity index (χ4v) is 2.89. The average molecular weight is 444 g/mol. The van der Waals surface area contributed by atoms with Crippen molar-refractivity contribution in [3.05, 3.63) is 59.7 Å². The molecule has 0 aliphatic carbocycles. The summed E-state index contributed by atoms with van der Waals surface area (Å²) in [6.07, 6.45) is 4.55. The van der Waals surface area contributed by atoms with E-state index in [1.807, 2.05) is 6.92 Å². The Bertz CT molecular complexity index is 871. The summed E-state index contributed by atoms with van der Waals surface area (Å²) >= 11 is 5.09. The first-order valence-corrected chi connectivity index (χ1v) is 10.8. The second-order valence-corrected chi connectivity index (χ2v) is 7.13. The van der Waals surface area contributed by atoms with Gasteiger partial charge in [0, 0.05) is 5.56 Å². The van der Waals surface area contributed by atoms with Crippen molar-refractivity contribution in [3.63, 3.8) is 0 Å². The van der Waals surface area contributed by atoms with Crippen molar-refractivity contribution >= 4 is 29.1 Å². The number of carbonyl (C=O) groups is 2. The number of para-hydroxylation sites is 1. The largest absolute Gasteiger partial charge is 0.494 e. The normalized spacial score (nSPS) is 10.1. The van der Waals surface area contributed by atoms with E-state index in [1.54, 1.807) is 48.5 Å². The number of hydrogen-bond acceptors (Lipinski definition) is 5. The fourth-order valence-electron chi connectivity index (χ4n) is 2.74. The zero-order chi connectivity index (χ0) is 22.5. The minimum absolute atomic E-state index is 0.0308. The lowest BCUT2D eigenvalue weighted by atomic mass is 10.2. The molecule has 2 rings (SSSR count). The molecule has 2 aromatic rings. The van der Waals surface area contributed by atoms with Gasteiger partial charge in [-0.2, -0.15) is 0 Å². The molecule has 0 saturated heterocycles. The Labute approximate surface area is 188 Å². The van der Waals surface area contributed by atoms with Crippen LogP contribution in [0, 0.1) is 0 Å². The van der Waals surface area contributed by atoms with E-state index in [0.717, 1.165) is 18.6 Å². The van der Waals surface area contributed by atoms with Crippen LogP contribution >= 0.6 is 12.2 Å². The van der Waals surface area contributed by atoms with E-state index in [-0.39, 0.29) is 11.0 Å². The number of unbranched alkanes of at least 4 members (excludes halogenated alkanes) is 3. The summed E-state index contributed by atoms with van der Waals surface area (Å²) < 4.78 is 11.1. The molecule has 0 aromatic heterocycles. The third-order valence-corrected chi connectivity index (χ3v) is 4.54. The van der Waals surface area contributed by atoms with Gasteiger partial charge in [-0.25, -0.2) is 0 Å². The summed E-state index contributed by atoms with van der Waals surface area (Å²) in [5, 5.41) is 2.48. The number of ether oxygens (including phenoxy) is 2. The number of carbonyl (C=O) groups excluding carboxylic acids is 2. The van der Waals surface area contributed by atoms with Crippen LogP contribution in [0.25, 0.3) is 0 Å². The number of hydrazine groups is 1. The van der Waals surface area contributed by atoms with Crippen LogP contribution in [0.15, 0.2) is 48.5 Å². The number of rotatable bonds is 10. The van der Waals surface area contributed by atoms with Crippen LogP contribution in [-0.4, -0.2) is 30.1 Å². The summed E-state index contributed by atoms with van der Waals surface area (Å²) in [7, 11) is 0. The Morgan fingerprint density at radius 3 is 2.32 bits per heavy atom. The first-order chi connectivity index (χ1) is 15.0. The predicted molar refractivity (Wildman–Crippen MR) is 124 cm³/mol. The van der Waals surface area contributed by atoms with E-state index in [2.05, 4.69) is 23.1 Å². The molecule has 7 nitrogen and oxygen atoms in total. The molecular weight excluding hydrogens is 414 g/mol. The highest BCUT2D eigenvalue weighted by molar-refractivity contribution is 7.80. The molecule has 2 aromatic carbocycles. The molecular formula is C23H29N3O4S. The molecule has 166 valence electrons. The summed E-state index contributed by atoms with van der Waals surface area (Å²) in [5.41, 5.74) is 5.78. The van der Waals surface area contributed by atoms with Crippen molar-refractivity contribution in [1.82, 2.24) is 16.2 Å². The molecule has 0 atom stereocenters. The third kappa shape index (κ3) is 8.25. The number of hydrogen-bond donors (Lipinski definition) is 3. The number of nitrogens with one attached hydrogen (secondary N) is 3. The Hall–Kier alpha value is -3.13. The van der Waals surface area contributed by atoms with E-state index in [9.17, 15) is 9.59 Å². The van der Waals surface area contributed by atoms with Crippen molar-refractivity contribution < 1.29 is 19.1 Å². The van der Waals surface area contributed by atoms with E-state index in [1.165, 1.54) is 12.8 Å². The Morgan fingerprint density at radius 1 is 0.871 bits per heavy atom. The van der Waals surface area contributed by atoms with Crippen LogP contribution in [0.1, 0.15) is 60.2 Å². The fraction of sp³-hybridized carbons (Fsp3) is 0.348. The molecule has 0 unspecified atom stereocenters. The van der Waals surface area contributed by atoms with Crippen molar-refractivity contribution in [1.29, 1.82) is 0 Å². The zero-order valence-electron chi connectivity index (χ0n) is 17.9. The van der Waals surface area contributed by atoms with Crippen LogP contribution < -0.4 is 25.6 Å². The lowest BCUT2D eigenvalue weighted by molar-refractivity contribution is 0.0933. The lowest BCUT2D eigenvalue weighted by Gasteiger charge is -2.13. The topological polar surface area (TPSA) is 88.7 Å². The van der Waals surface area contributed by atoms with Crippen LogP contribution in [0.4, 0.5) is 0 Å². The highest BCUT2D eigenvalue weighted by Gasteiger charge is 2.14. The van der Waals surface area contributed by atoms with Gasteiger partial charge in [-0.1, -0.05) is 38.3 Å². The van der Waals surface area contributed by atoms with Crippen molar-refractivity contribution in [3.8, 4) is 11.5 Å². The van der Waals surface area contributed by atoms with Gasteiger partial charge in [0.25, 0.3) is 11.8 Å². The molecule has 31 heavy (non-hydrogen) atoms. The van der Waals surface area contributed by atoms with Gasteiger partial charge in [-0.05, 0) is 62.0 Å². The molecule has 2 amide bonds. The summed E-state index contributed by atoms with van der Waals surface area (Å²) in [6, 6.07) is 13.7. The minimum Gasteiger partial charge on any atom is -0.494 e. The minimum atomic E-state index is -0.434. The van der Waals surface area contributed by atoms with Gasteiger partial charge in [0.1, 0.15) is 11.5 Å². The van der Waals surface area contributed by atoms with Gasteiger partial charge in [0.2, 0.25) is 0 Å². The summed E-state index contributed by atoms with van der Waals surface area (Å²) in [5.74, 6) is 0.357. The molecule has 8 heteroatoms. The Morgan fingerprint density at radius 2 is 1.61 bits per heavy atom. The lowest BCUT2D eigenvalue weighted by Crippen LogP contribution is -2.48. The SMILES string of the molecule is CCCCCCOc1ccc(C(=O)NNC(=S)NC(=O)c2ccccc2OCC)cc1. The van der Waals surface area contributed by atoms with Gasteiger partial charge in [-0.15, -0.1) is 0 Å². The van der Waals surface area contributed by atoms with Gasteiger partial charge in [0.15, 0.2) is 5.11 Å². The molecule has 0 fully saturated rings. The highest BCUT2D eigenvalue weighted by atomic mass is 32.1. The second kappa shape index (κ2) is 13.2. The van der Waals surface area contributed by atoms with Crippen molar-refractivity contribution in [2.24, 2.45) is 0 Å². The molecule has 0 heterocycles. The van der Waals surface area contributed by atoms with Gasteiger partial charge in [-0.3, -0.25) is 25.8 Å². The average Bonchev–Trinajstić information content (AvgIpc) is 2.78. The van der Waals surface area contributed by atoms with Crippen LogP contribution in [0.5, 0.6) is 11.5 Å². The van der Waals surface area contributed by atoms with Crippen LogP contribution in [-0.2, 0) is 0 Å². The monoisotopic (exact) mass is 443 g/mol. The number of amides is 2. The zero-order valence-corrected chi connectivity index (χ0v) is 18.7. The van der Waals surface area contributed by atoms with E-state index in [0.29, 0.717) is 30.1 Å². The molecule has 3 N–H and O–H groups in total. The first-order valence-electron chi connectivity index (χ1n) is 10.4. The predicted octanol–water partition coefficient (Wildman–Crippen LogP) is 3.99. The number of thiocarbonyl (C=S) groups is 1. The molecule has 0 spiro atoms. The Balaban J connectivity index is 1.79. The maximum Gasteiger partial charge on any atom is 0.269 e. The highest BCUT2D eigenvalue weighted by Crippen LogP contribution is 2.17. The van der Waals surface area contributed by atoms with E-state index < -0.39 is 5.91 Å². The smallest absolute Gasteiger partial charge is 0.269 e. The van der Waals surface area contributed by atoms with Crippen LogP contribution in [0.2, 0.25) is 0 Å². The summed E-state index contributed by atoms with van der Waals surface area (Å²) in [6.45, 7) is 5.10. The molecule has 0 aliphatic rings. The van der Waals surface area contributed by atoms with E-state index in [4.69, 9.17) is 21.7 Å². The molecule has 0 bridgehead atoms. The maximum absolute atomic E-state index is 12.4. The number of benzene rings is 2.